The normalized spacial score (nSPS) is 19.1. The Labute approximate surface area is 183 Å². The summed E-state index contributed by atoms with van der Waals surface area (Å²) in [6, 6.07) is 9.07. The van der Waals surface area contributed by atoms with Crippen LogP contribution in [-0.2, 0) is 16.1 Å². The van der Waals surface area contributed by atoms with Crippen LogP contribution in [0.1, 0.15) is 31.2 Å². The number of ether oxygens (including phenoxy) is 2. The lowest BCUT2D eigenvalue weighted by molar-refractivity contribution is -0.146. The van der Waals surface area contributed by atoms with E-state index in [0.717, 1.165) is 35.7 Å². The van der Waals surface area contributed by atoms with Crippen molar-refractivity contribution in [1.29, 1.82) is 0 Å². The van der Waals surface area contributed by atoms with Gasteiger partial charge in [-0.3, -0.25) is 4.79 Å². The second-order valence-electron chi connectivity index (χ2n) is 7.19. The largest absolute Gasteiger partial charge is 0.496 e. The summed E-state index contributed by atoms with van der Waals surface area (Å²) in [4.78, 5) is 11.7. The summed E-state index contributed by atoms with van der Waals surface area (Å²) >= 11 is 9.77. The smallest absolute Gasteiger partial charge is 0.308 e. The van der Waals surface area contributed by atoms with Crippen molar-refractivity contribution in [3.05, 3.63) is 51.2 Å². The molecule has 0 spiro atoms. The highest BCUT2D eigenvalue weighted by Gasteiger charge is 2.27. The number of halogens is 3. The van der Waals surface area contributed by atoms with Crippen molar-refractivity contribution in [2.45, 2.75) is 38.3 Å². The van der Waals surface area contributed by atoms with Gasteiger partial charge in [-0.15, -0.1) is 0 Å². The fraction of sp³-hybridized carbons (Fsp3) is 0.409. The van der Waals surface area contributed by atoms with E-state index in [9.17, 15) is 9.18 Å². The van der Waals surface area contributed by atoms with E-state index in [1.165, 1.54) is 20.3 Å². The topological polar surface area (TPSA) is 47.6 Å². The Bertz CT molecular complexity index is 885. The van der Waals surface area contributed by atoms with Crippen LogP contribution in [0, 0.1) is 11.7 Å². The predicted octanol–water partition coefficient (Wildman–Crippen LogP) is 5.74. The molecule has 4 nitrogen and oxygen atoms in total. The molecule has 0 aromatic heterocycles. The average Bonchev–Trinajstić information content (AvgIpc) is 2.74. The molecule has 0 unspecified atom stereocenters. The third-order valence-corrected chi connectivity index (χ3v) is 6.76. The van der Waals surface area contributed by atoms with E-state index in [1.807, 2.05) is 24.3 Å². The SMILES string of the molecule is COC(=O)C1CCC(NCc2c(F)cc(-c3cccc(Br)c3Cl)cc2OC)CC1. The number of esters is 1. The molecule has 156 valence electrons. The van der Waals surface area contributed by atoms with Crippen molar-refractivity contribution < 1.29 is 18.7 Å². The Morgan fingerprint density at radius 1 is 1.24 bits per heavy atom. The van der Waals surface area contributed by atoms with Gasteiger partial charge in [0.15, 0.2) is 0 Å². The lowest BCUT2D eigenvalue weighted by Crippen LogP contribution is -2.35. The Kier molecular flexibility index (Phi) is 7.55. The molecule has 2 aromatic rings. The molecule has 29 heavy (non-hydrogen) atoms. The molecular formula is C22H24BrClFNO3. The van der Waals surface area contributed by atoms with Crippen LogP contribution in [0.15, 0.2) is 34.8 Å². The van der Waals surface area contributed by atoms with E-state index >= 15 is 0 Å². The first-order chi connectivity index (χ1) is 13.9. The van der Waals surface area contributed by atoms with E-state index in [-0.39, 0.29) is 23.7 Å². The summed E-state index contributed by atoms with van der Waals surface area (Å²) in [5.74, 6) is -0.0329. The number of nitrogens with one attached hydrogen (secondary N) is 1. The van der Waals surface area contributed by atoms with Crippen LogP contribution in [0.4, 0.5) is 4.39 Å². The van der Waals surface area contributed by atoms with Crippen LogP contribution in [0.3, 0.4) is 0 Å². The van der Waals surface area contributed by atoms with Gasteiger partial charge >= 0.3 is 5.97 Å². The molecule has 3 rings (SSSR count). The molecule has 1 N–H and O–H groups in total. The zero-order valence-electron chi connectivity index (χ0n) is 16.4. The minimum absolute atomic E-state index is 0.0291. The van der Waals surface area contributed by atoms with Gasteiger partial charge in [0.25, 0.3) is 0 Å². The quantitative estimate of drug-likeness (QED) is 0.531. The predicted molar refractivity (Wildman–Crippen MR) is 116 cm³/mol. The van der Waals surface area contributed by atoms with Crippen LogP contribution >= 0.6 is 27.5 Å². The number of hydrogen-bond acceptors (Lipinski definition) is 4. The van der Waals surface area contributed by atoms with Gasteiger partial charge in [-0.1, -0.05) is 23.7 Å². The Morgan fingerprint density at radius 3 is 2.62 bits per heavy atom. The molecule has 0 bridgehead atoms. The van der Waals surface area contributed by atoms with Gasteiger partial charge in [0.05, 0.1) is 25.2 Å². The van der Waals surface area contributed by atoms with Crippen molar-refractivity contribution in [2.24, 2.45) is 5.92 Å². The molecule has 0 amide bonds. The standard InChI is InChI=1S/C22H24BrClFNO3/c1-28-20-11-14(16-4-3-5-18(23)21(16)24)10-19(25)17(20)12-26-15-8-6-13(7-9-15)22(27)29-2/h3-5,10-11,13,15,26H,6-9,12H2,1-2H3. The highest BCUT2D eigenvalue weighted by Crippen LogP contribution is 2.37. The number of methoxy groups -OCH3 is 2. The maximum absolute atomic E-state index is 14.9. The van der Waals surface area contributed by atoms with Gasteiger partial charge < -0.3 is 14.8 Å². The van der Waals surface area contributed by atoms with Crippen molar-refractivity contribution in [1.82, 2.24) is 5.32 Å². The fourth-order valence-electron chi connectivity index (χ4n) is 3.79. The molecule has 0 radical (unpaired) electrons. The van der Waals surface area contributed by atoms with Crippen molar-refractivity contribution in [2.75, 3.05) is 14.2 Å². The second-order valence-corrected chi connectivity index (χ2v) is 8.43. The molecule has 7 heteroatoms. The van der Waals surface area contributed by atoms with Gasteiger partial charge in [0.2, 0.25) is 0 Å². The van der Waals surface area contributed by atoms with Gasteiger partial charge in [-0.2, -0.15) is 0 Å². The maximum Gasteiger partial charge on any atom is 0.308 e. The monoisotopic (exact) mass is 483 g/mol. The second kappa shape index (κ2) is 9.92. The van der Waals surface area contributed by atoms with Gasteiger partial charge in [-0.25, -0.2) is 4.39 Å². The lowest BCUT2D eigenvalue weighted by Gasteiger charge is -2.28. The van der Waals surface area contributed by atoms with Crippen LogP contribution < -0.4 is 10.1 Å². The van der Waals surface area contributed by atoms with Gasteiger partial charge in [-0.05, 0) is 65.4 Å². The van der Waals surface area contributed by atoms with Crippen molar-refractivity contribution in [3.63, 3.8) is 0 Å². The average molecular weight is 485 g/mol. The highest BCUT2D eigenvalue weighted by atomic mass is 79.9. The minimum Gasteiger partial charge on any atom is -0.496 e. The van der Waals surface area contributed by atoms with Gasteiger partial charge in [0.1, 0.15) is 11.6 Å². The summed E-state index contributed by atoms with van der Waals surface area (Å²) in [5.41, 5.74) is 1.88. The van der Waals surface area contributed by atoms with E-state index in [2.05, 4.69) is 21.2 Å². The zero-order valence-corrected chi connectivity index (χ0v) is 18.8. The van der Waals surface area contributed by atoms with Crippen molar-refractivity contribution in [3.8, 4) is 16.9 Å². The number of carbonyl (C=O) groups is 1. The Balaban J connectivity index is 1.72. The molecule has 0 saturated heterocycles. The molecule has 0 atom stereocenters. The molecule has 1 aliphatic rings. The third kappa shape index (κ3) is 5.11. The minimum atomic E-state index is -0.342. The van der Waals surface area contributed by atoms with Crippen LogP contribution in [0.5, 0.6) is 5.75 Å². The molecule has 1 aliphatic carbocycles. The first-order valence-electron chi connectivity index (χ1n) is 9.56. The van der Waals surface area contributed by atoms with E-state index in [4.69, 9.17) is 21.1 Å². The highest BCUT2D eigenvalue weighted by molar-refractivity contribution is 9.10. The molecule has 0 heterocycles. The Morgan fingerprint density at radius 2 is 1.97 bits per heavy atom. The summed E-state index contributed by atoms with van der Waals surface area (Å²) < 4.78 is 26.0. The number of rotatable bonds is 6. The summed E-state index contributed by atoms with van der Waals surface area (Å²) in [6.07, 6.45) is 3.28. The maximum atomic E-state index is 14.9. The zero-order chi connectivity index (χ0) is 21.0. The van der Waals surface area contributed by atoms with E-state index in [1.54, 1.807) is 0 Å². The number of hydrogen-bond donors (Lipinski definition) is 1. The van der Waals surface area contributed by atoms with Crippen LogP contribution in [0.25, 0.3) is 11.1 Å². The summed E-state index contributed by atoms with van der Waals surface area (Å²) in [7, 11) is 2.96. The molecule has 1 fully saturated rings. The molecule has 1 saturated carbocycles. The van der Waals surface area contributed by atoms with Crippen molar-refractivity contribution >= 4 is 33.5 Å². The van der Waals surface area contributed by atoms with E-state index in [0.29, 0.717) is 28.4 Å². The third-order valence-electron chi connectivity index (χ3n) is 5.47. The molecular weight excluding hydrogens is 461 g/mol. The molecule has 2 aromatic carbocycles. The molecule has 0 aliphatic heterocycles. The first kappa shape index (κ1) is 22.1. The van der Waals surface area contributed by atoms with Crippen LogP contribution in [-0.4, -0.2) is 26.2 Å². The number of carbonyl (C=O) groups excluding carboxylic acids is 1. The van der Waals surface area contributed by atoms with Gasteiger partial charge in [0, 0.05) is 28.2 Å². The number of benzene rings is 2. The summed E-state index contributed by atoms with van der Waals surface area (Å²) in [5, 5.41) is 3.93. The van der Waals surface area contributed by atoms with E-state index < -0.39 is 0 Å². The lowest BCUT2D eigenvalue weighted by atomic mass is 9.86. The first-order valence-corrected chi connectivity index (χ1v) is 10.7. The summed E-state index contributed by atoms with van der Waals surface area (Å²) in [6.45, 7) is 0.356. The fourth-order valence-corrected chi connectivity index (χ4v) is 4.39. The Hall–Kier alpha value is -1.63. The van der Waals surface area contributed by atoms with Crippen LogP contribution in [0.2, 0.25) is 5.02 Å².